The highest BCUT2D eigenvalue weighted by atomic mass is 19.1. The van der Waals surface area contributed by atoms with Crippen LogP contribution >= 0.6 is 0 Å². The lowest BCUT2D eigenvalue weighted by Crippen LogP contribution is -2.14. The normalized spacial score (nSPS) is 10.4. The van der Waals surface area contributed by atoms with Crippen molar-refractivity contribution in [1.29, 1.82) is 0 Å². The molecule has 7 heteroatoms. The number of halogens is 1. The van der Waals surface area contributed by atoms with E-state index < -0.39 is 0 Å². The van der Waals surface area contributed by atoms with Crippen molar-refractivity contribution in [3.8, 4) is 0 Å². The van der Waals surface area contributed by atoms with Gasteiger partial charge in [-0.3, -0.25) is 9.59 Å². The van der Waals surface area contributed by atoms with E-state index in [0.717, 1.165) is 0 Å². The van der Waals surface area contributed by atoms with Gasteiger partial charge in [-0.15, -0.1) is 0 Å². The van der Waals surface area contributed by atoms with Gasteiger partial charge in [-0.1, -0.05) is 23.4 Å². The number of nitrogens with zero attached hydrogens (tertiary/aromatic N) is 1. The van der Waals surface area contributed by atoms with E-state index in [0.29, 0.717) is 34.7 Å². The quantitative estimate of drug-likeness (QED) is 0.691. The van der Waals surface area contributed by atoms with Crippen LogP contribution in [0.3, 0.4) is 0 Å². The Morgan fingerprint density at radius 2 is 1.70 bits per heavy atom. The van der Waals surface area contributed by atoms with E-state index in [1.54, 1.807) is 49.4 Å². The van der Waals surface area contributed by atoms with E-state index >= 15 is 0 Å². The molecule has 1 aromatic heterocycles. The minimum Gasteiger partial charge on any atom is -0.361 e. The van der Waals surface area contributed by atoms with Gasteiger partial charge in [0.1, 0.15) is 17.1 Å². The van der Waals surface area contributed by atoms with Crippen LogP contribution in [0.5, 0.6) is 0 Å². The zero-order valence-corrected chi connectivity index (χ0v) is 14.7. The summed E-state index contributed by atoms with van der Waals surface area (Å²) in [7, 11) is 0. The van der Waals surface area contributed by atoms with Crippen molar-refractivity contribution < 1.29 is 18.5 Å². The Labute approximate surface area is 155 Å². The molecular formula is C20H18FN3O3. The third kappa shape index (κ3) is 4.78. The fourth-order valence-electron chi connectivity index (χ4n) is 2.52. The fourth-order valence-corrected chi connectivity index (χ4v) is 2.52. The molecule has 0 aliphatic carbocycles. The Morgan fingerprint density at radius 1 is 1.04 bits per heavy atom. The summed E-state index contributed by atoms with van der Waals surface area (Å²) in [5.41, 5.74) is 2.04. The molecule has 0 spiro atoms. The zero-order valence-electron chi connectivity index (χ0n) is 14.7. The average molecular weight is 367 g/mol. The van der Waals surface area contributed by atoms with Crippen LogP contribution in [0.2, 0.25) is 0 Å². The van der Waals surface area contributed by atoms with Crippen LogP contribution in [0, 0.1) is 12.7 Å². The molecule has 3 aromatic rings. The smallest absolute Gasteiger partial charge is 0.260 e. The van der Waals surface area contributed by atoms with Crippen LogP contribution in [-0.4, -0.2) is 17.0 Å². The molecule has 0 saturated heterocycles. The maximum Gasteiger partial charge on any atom is 0.260 e. The molecule has 0 radical (unpaired) electrons. The van der Waals surface area contributed by atoms with Crippen LogP contribution in [0.25, 0.3) is 0 Å². The third-order valence-electron chi connectivity index (χ3n) is 4.00. The van der Waals surface area contributed by atoms with Gasteiger partial charge in [0, 0.05) is 17.8 Å². The van der Waals surface area contributed by atoms with E-state index in [1.807, 2.05) is 0 Å². The number of aromatic nitrogens is 1. The second-order valence-electron chi connectivity index (χ2n) is 5.97. The highest BCUT2D eigenvalue weighted by molar-refractivity contribution is 6.04. The molecule has 1 heterocycles. The summed E-state index contributed by atoms with van der Waals surface area (Å²) in [6.45, 7) is 1.65. The number of amides is 2. The summed E-state index contributed by atoms with van der Waals surface area (Å²) in [6.07, 6.45) is 1.85. The van der Waals surface area contributed by atoms with E-state index in [-0.39, 0.29) is 24.1 Å². The van der Waals surface area contributed by atoms with Crippen molar-refractivity contribution in [3.63, 3.8) is 0 Å². The van der Waals surface area contributed by atoms with E-state index in [2.05, 4.69) is 15.8 Å². The second kappa shape index (κ2) is 8.27. The Bertz CT molecular complexity index is 951. The summed E-state index contributed by atoms with van der Waals surface area (Å²) in [5, 5.41) is 9.04. The maximum absolute atomic E-state index is 13.6. The van der Waals surface area contributed by atoms with Crippen LogP contribution in [0.1, 0.15) is 28.1 Å². The van der Waals surface area contributed by atoms with Crippen LogP contribution < -0.4 is 10.6 Å². The summed E-state index contributed by atoms with van der Waals surface area (Å²) >= 11 is 0. The lowest BCUT2D eigenvalue weighted by atomic mass is 10.1. The maximum atomic E-state index is 13.6. The summed E-state index contributed by atoms with van der Waals surface area (Å²) < 4.78 is 18.4. The first-order valence-corrected chi connectivity index (χ1v) is 8.39. The number of nitrogens with one attached hydrogen (secondary N) is 2. The number of hydrogen-bond donors (Lipinski definition) is 2. The predicted molar refractivity (Wildman–Crippen MR) is 99.0 cm³/mol. The largest absolute Gasteiger partial charge is 0.361 e. The number of anilines is 2. The molecule has 27 heavy (non-hydrogen) atoms. The summed E-state index contributed by atoms with van der Waals surface area (Å²) in [4.78, 5) is 24.1. The zero-order chi connectivity index (χ0) is 19.2. The topological polar surface area (TPSA) is 84.2 Å². The Hall–Kier alpha value is -3.48. The highest BCUT2D eigenvalue weighted by Gasteiger charge is 2.13. The van der Waals surface area contributed by atoms with E-state index in [4.69, 9.17) is 4.52 Å². The van der Waals surface area contributed by atoms with Crippen molar-refractivity contribution in [2.75, 3.05) is 10.6 Å². The first-order chi connectivity index (χ1) is 13.0. The van der Waals surface area contributed by atoms with Crippen LogP contribution in [-0.2, 0) is 11.2 Å². The molecule has 0 fully saturated rings. The lowest BCUT2D eigenvalue weighted by Gasteiger charge is -2.08. The van der Waals surface area contributed by atoms with Crippen molar-refractivity contribution >= 4 is 23.2 Å². The molecule has 6 nitrogen and oxygen atoms in total. The van der Waals surface area contributed by atoms with Gasteiger partial charge < -0.3 is 15.2 Å². The number of carbonyl (C=O) groups excluding carboxylic acids is 2. The lowest BCUT2D eigenvalue weighted by molar-refractivity contribution is -0.116. The molecule has 0 aliphatic heterocycles. The summed E-state index contributed by atoms with van der Waals surface area (Å²) in [5.74, 6) is -0.412. The van der Waals surface area contributed by atoms with Gasteiger partial charge in [0.2, 0.25) is 5.91 Å². The minimum atomic E-state index is -0.324. The number of benzene rings is 2. The summed E-state index contributed by atoms with van der Waals surface area (Å²) in [6, 6.07) is 13.1. The number of aryl methyl sites for hydroxylation is 2. The molecule has 0 unspecified atom stereocenters. The number of carbonyl (C=O) groups is 2. The monoisotopic (exact) mass is 367 g/mol. The molecule has 138 valence electrons. The molecule has 3 rings (SSSR count). The second-order valence-corrected chi connectivity index (χ2v) is 5.97. The van der Waals surface area contributed by atoms with Gasteiger partial charge in [0.05, 0.1) is 6.20 Å². The predicted octanol–water partition coefficient (Wildman–Crippen LogP) is 3.95. The Kier molecular flexibility index (Phi) is 5.61. The average Bonchev–Trinajstić information content (AvgIpc) is 3.09. The molecule has 0 atom stereocenters. The van der Waals surface area contributed by atoms with Crippen molar-refractivity contribution in [2.45, 2.75) is 19.8 Å². The standard InChI is InChI=1S/C20H18FN3O3/c1-13-17(12-22-27-13)20(26)24-16-9-7-15(8-10-16)23-19(25)11-6-14-4-2-3-5-18(14)21/h2-5,7-10,12H,6,11H2,1H3,(H,23,25)(H,24,26). The molecule has 2 aromatic carbocycles. The SMILES string of the molecule is Cc1oncc1C(=O)Nc1ccc(NC(=O)CCc2ccccc2F)cc1. The highest BCUT2D eigenvalue weighted by Crippen LogP contribution is 2.16. The van der Waals surface area contributed by atoms with Crippen molar-refractivity contribution in [3.05, 3.63) is 77.4 Å². The van der Waals surface area contributed by atoms with Crippen LogP contribution in [0.4, 0.5) is 15.8 Å². The van der Waals surface area contributed by atoms with E-state index in [1.165, 1.54) is 12.3 Å². The first kappa shape index (κ1) is 18.3. The number of hydrogen-bond acceptors (Lipinski definition) is 4. The van der Waals surface area contributed by atoms with Gasteiger partial charge in [-0.25, -0.2) is 4.39 Å². The van der Waals surface area contributed by atoms with Gasteiger partial charge >= 0.3 is 0 Å². The van der Waals surface area contributed by atoms with E-state index in [9.17, 15) is 14.0 Å². The van der Waals surface area contributed by atoms with Crippen LogP contribution in [0.15, 0.2) is 59.3 Å². The third-order valence-corrected chi connectivity index (χ3v) is 4.00. The van der Waals surface area contributed by atoms with Gasteiger partial charge in [0.15, 0.2) is 0 Å². The molecular weight excluding hydrogens is 349 g/mol. The molecule has 0 saturated carbocycles. The van der Waals surface area contributed by atoms with Crippen molar-refractivity contribution in [1.82, 2.24) is 5.16 Å². The Morgan fingerprint density at radius 3 is 2.33 bits per heavy atom. The fraction of sp³-hybridized carbons (Fsp3) is 0.150. The molecule has 0 aliphatic rings. The minimum absolute atomic E-state index is 0.173. The van der Waals surface area contributed by atoms with Gasteiger partial charge in [-0.2, -0.15) is 0 Å². The molecule has 2 amide bonds. The molecule has 2 N–H and O–H groups in total. The first-order valence-electron chi connectivity index (χ1n) is 8.39. The molecule has 0 bridgehead atoms. The van der Waals surface area contributed by atoms with Gasteiger partial charge in [0.25, 0.3) is 5.91 Å². The van der Waals surface area contributed by atoms with Crippen molar-refractivity contribution in [2.24, 2.45) is 0 Å². The number of rotatable bonds is 6. The Balaban J connectivity index is 1.53. The van der Waals surface area contributed by atoms with Gasteiger partial charge in [-0.05, 0) is 49.2 Å².